The zero-order chi connectivity index (χ0) is 10.8. The molecule has 1 fully saturated rings. The van der Waals surface area contributed by atoms with Crippen LogP contribution in [0.4, 0.5) is 0 Å². The Kier molecular flexibility index (Phi) is 3.92. The highest BCUT2D eigenvalue weighted by molar-refractivity contribution is 7.88. The fourth-order valence-corrected chi connectivity index (χ4v) is 2.70. The molecular weight excluding hydrogens is 200 g/mol. The average molecular weight is 220 g/mol. The standard InChI is InChI=1S/C9H20N2O2S/c1-8(2)10-9-4-6-11(7-5-9)14(3,12)13/h8-10H,4-7H2,1-3H3. The van der Waals surface area contributed by atoms with Crippen molar-refractivity contribution in [2.75, 3.05) is 19.3 Å². The van der Waals surface area contributed by atoms with Crippen LogP contribution in [0, 0.1) is 0 Å². The predicted octanol–water partition coefficient (Wildman–Crippen LogP) is 0.408. The van der Waals surface area contributed by atoms with E-state index in [-0.39, 0.29) is 0 Å². The second-order valence-electron chi connectivity index (χ2n) is 4.26. The Morgan fingerprint density at radius 3 is 2.14 bits per heavy atom. The van der Waals surface area contributed by atoms with Crippen molar-refractivity contribution in [3.05, 3.63) is 0 Å². The van der Waals surface area contributed by atoms with E-state index in [0.29, 0.717) is 25.2 Å². The van der Waals surface area contributed by atoms with Crippen molar-refractivity contribution < 1.29 is 8.42 Å². The minimum absolute atomic E-state index is 0.477. The molecule has 1 N–H and O–H groups in total. The van der Waals surface area contributed by atoms with Gasteiger partial charge >= 0.3 is 0 Å². The van der Waals surface area contributed by atoms with Crippen LogP contribution in [0.25, 0.3) is 0 Å². The number of nitrogens with one attached hydrogen (secondary N) is 1. The van der Waals surface area contributed by atoms with Gasteiger partial charge in [0, 0.05) is 25.2 Å². The highest BCUT2D eigenvalue weighted by Crippen LogP contribution is 2.13. The maximum Gasteiger partial charge on any atom is 0.211 e. The Bertz CT molecular complexity index is 267. The minimum Gasteiger partial charge on any atom is -0.312 e. The molecule has 0 radical (unpaired) electrons. The van der Waals surface area contributed by atoms with Gasteiger partial charge in [-0.25, -0.2) is 12.7 Å². The van der Waals surface area contributed by atoms with Crippen LogP contribution in [-0.2, 0) is 10.0 Å². The number of nitrogens with zero attached hydrogens (tertiary/aromatic N) is 1. The Hall–Kier alpha value is -0.130. The normalized spacial score (nSPS) is 21.7. The minimum atomic E-state index is -2.97. The second kappa shape index (κ2) is 4.59. The fourth-order valence-electron chi connectivity index (χ4n) is 1.83. The maximum atomic E-state index is 11.2. The first-order valence-electron chi connectivity index (χ1n) is 5.11. The summed E-state index contributed by atoms with van der Waals surface area (Å²) in [6.07, 6.45) is 3.12. The molecule has 0 aliphatic carbocycles. The van der Waals surface area contributed by atoms with Crippen molar-refractivity contribution in [2.45, 2.75) is 38.8 Å². The molecule has 1 heterocycles. The van der Waals surface area contributed by atoms with Crippen molar-refractivity contribution in [1.29, 1.82) is 0 Å². The van der Waals surface area contributed by atoms with Gasteiger partial charge < -0.3 is 5.32 Å². The molecule has 1 aliphatic heterocycles. The molecule has 0 aromatic carbocycles. The molecule has 0 aromatic rings. The van der Waals surface area contributed by atoms with Gasteiger partial charge in [-0.15, -0.1) is 0 Å². The van der Waals surface area contributed by atoms with E-state index in [0.717, 1.165) is 12.8 Å². The molecule has 14 heavy (non-hydrogen) atoms. The molecular formula is C9H20N2O2S. The van der Waals surface area contributed by atoms with Crippen LogP contribution in [0.2, 0.25) is 0 Å². The summed E-state index contributed by atoms with van der Waals surface area (Å²) in [5.41, 5.74) is 0. The van der Waals surface area contributed by atoms with Gasteiger partial charge in [0.05, 0.1) is 6.26 Å². The quantitative estimate of drug-likeness (QED) is 0.749. The molecule has 0 atom stereocenters. The molecule has 0 saturated carbocycles. The molecule has 1 aliphatic rings. The van der Waals surface area contributed by atoms with Crippen LogP contribution in [0.15, 0.2) is 0 Å². The van der Waals surface area contributed by atoms with Crippen LogP contribution >= 0.6 is 0 Å². The van der Waals surface area contributed by atoms with Crippen LogP contribution in [0.1, 0.15) is 26.7 Å². The van der Waals surface area contributed by atoms with Crippen molar-refractivity contribution in [2.24, 2.45) is 0 Å². The number of piperidine rings is 1. The summed E-state index contributed by atoms with van der Waals surface area (Å²) < 4.78 is 24.0. The summed E-state index contributed by atoms with van der Waals surface area (Å²) in [7, 11) is -2.97. The van der Waals surface area contributed by atoms with Crippen LogP contribution in [0.3, 0.4) is 0 Å². The zero-order valence-corrected chi connectivity index (χ0v) is 9.97. The SMILES string of the molecule is CC(C)NC1CCN(S(C)(=O)=O)CC1. The number of hydrogen-bond acceptors (Lipinski definition) is 3. The van der Waals surface area contributed by atoms with Crippen LogP contribution in [0.5, 0.6) is 0 Å². The van der Waals surface area contributed by atoms with Gasteiger partial charge in [0.15, 0.2) is 0 Å². The average Bonchev–Trinajstić information content (AvgIpc) is 2.02. The number of hydrogen-bond donors (Lipinski definition) is 1. The van der Waals surface area contributed by atoms with Crippen molar-refractivity contribution in [3.8, 4) is 0 Å². The fraction of sp³-hybridized carbons (Fsp3) is 1.00. The smallest absolute Gasteiger partial charge is 0.211 e. The van der Waals surface area contributed by atoms with E-state index in [4.69, 9.17) is 0 Å². The zero-order valence-electron chi connectivity index (χ0n) is 9.16. The van der Waals surface area contributed by atoms with E-state index in [1.165, 1.54) is 6.26 Å². The Morgan fingerprint density at radius 1 is 1.29 bits per heavy atom. The summed E-state index contributed by atoms with van der Waals surface area (Å²) in [4.78, 5) is 0. The molecule has 1 rings (SSSR count). The first kappa shape index (κ1) is 11.9. The lowest BCUT2D eigenvalue weighted by Gasteiger charge is -2.31. The van der Waals surface area contributed by atoms with Gasteiger partial charge in [0.25, 0.3) is 0 Å². The molecule has 0 unspecified atom stereocenters. The Morgan fingerprint density at radius 2 is 1.79 bits per heavy atom. The van der Waals surface area contributed by atoms with E-state index < -0.39 is 10.0 Å². The van der Waals surface area contributed by atoms with Gasteiger partial charge in [0.1, 0.15) is 0 Å². The molecule has 0 aromatic heterocycles. The third-order valence-electron chi connectivity index (χ3n) is 2.49. The molecule has 84 valence electrons. The summed E-state index contributed by atoms with van der Waals surface area (Å²) in [5, 5.41) is 3.43. The first-order chi connectivity index (χ1) is 6.39. The van der Waals surface area contributed by atoms with Gasteiger partial charge in [-0.2, -0.15) is 0 Å². The van der Waals surface area contributed by atoms with Crippen LogP contribution in [-0.4, -0.2) is 44.2 Å². The second-order valence-corrected chi connectivity index (χ2v) is 6.24. The first-order valence-corrected chi connectivity index (χ1v) is 6.95. The molecule has 0 spiro atoms. The molecule has 1 saturated heterocycles. The highest BCUT2D eigenvalue weighted by Gasteiger charge is 2.24. The van der Waals surface area contributed by atoms with E-state index in [2.05, 4.69) is 19.2 Å². The molecule has 0 bridgehead atoms. The summed E-state index contributed by atoms with van der Waals surface area (Å²) in [6, 6.07) is 0.956. The van der Waals surface area contributed by atoms with Gasteiger partial charge in [-0.1, -0.05) is 13.8 Å². The van der Waals surface area contributed by atoms with Crippen LogP contribution < -0.4 is 5.32 Å². The lowest BCUT2D eigenvalue weighted by Crippen LogP contribution is -2.46. The van der Waals surface area contributed by atoms with Gasteiger partial charge in [-0.05, 0) is 12.8 Å². The van der Waals surface area contributed by atoms with Crippen molar-refractivity contribution in [1.82, 2.24) is 9.62 Å². The Labute approximate surface area is 86.7 Å². The molecule has 5 heteroatoms. The number of sulfonamides is 1. The third-order valence-corrected chi connectivity index (χ3v) is 3.80. The van der Waals surface area contributed by atoms with E-state index in [1.54, 1.807) is 4.31 Å². The molecule has 0 amide bonds. The third kappa shape index (κ3) is 3.55. The number of rotatable bonds is 3. The monoisotopic (exact) mass is 220 g/mol. The topological polar surface area (TPSA) is 49.4 Å². The lowest BCUT2D eigenvalue weighted by atomic mass is 10.1. The summed E-state index contributed by atoms with van der Waals surface area (Å²) in [5.74, 6) is 0. The maximum absolute atomic E-state index is 11.2. The highest BCUT2D eigenvalue weighted by atomic mass is 32.2. The predicted molar refractivity (Wildman–Crippen MR) is 57.7 cm³/mol. The van der Waals surface area contributed by atoms with E-state index >= 15 is 0 Å². The van der Waals surface area contributed by atoms with Crippen molar-refractivity contribution >= 4 is 10.0 Å². The summed E-state index contributed by atoms with van der Waals surface area (Å²) >= 11 is 0. The molecule has 4 nitrogen and oxygen atoms in total. The van der Waals surface area contributed by atoms with E-state index in [9.17, 15) is 8.42 Å². The summed E-state index contributed by atoms with van der Waals surface area (Å²) in [6.45, 7) is 5.54. The Balaban J connectivity index is 2.39. The largest absolute Gasteiger partial charge is 0.312 e. The van der Waals surface area contributed by atoms with Gasteiger partial charge in [0.2, 0.25) is 10.0 Å². The van der Waals surface area contributed by atoms with Crippen molar-refractivity contribution in [3.63, 3.8) is 0 Å². The van der Waals surface area contributed by atoms with Gasteiger partial charge in [-0.3, -0.25) is 0 Å². The van der Waals surface area contributed by atoms with E-state index in [1.807, 2.05) is 0 Å². The lowest BCUT2D eigenvalue weighted by molar-refractivity contribution is 0.281.